The third-order valence-corrected chi connectivity index (χ3v) is 7.49. The van der Waals surface area contributed by atoms with E-state index in [0.717, 1.165) is 36.5 Å². The van der Waals surface area contributed by atoms with Crippen molar-refractivity contribution in [2.24, 2.45) is 0 Å². The van der Waals surface area contributed by atoms with Crippen molar-refractivity contribution in [2.75, 3.05) is 13.7 Å². The molecule has 0 unspecified atom stereocenters. The van der Waals surface area contributed by atoms with E-state index in [1.54, 1.807) is 0 Å². The van der Waals surface area contributed by atoms with Gasteiger partial charge in [-0.2, -0.15) is 0 Å². The summed E-state index contributed by atoms with van der Waals surface area (Å²) < 4.78 is 16.4. The van der Waals surface area contributed by atoms with E-state index in [4.69, 9.17) is 9.47 Å². The third kappa shape index (κ3) is 6.61. The Kier molecular flexibility index (Phi) is 8.07. The van der Waals surface area contributed by atoms with Crippen molar-refractivity contribution in [1.29, 1.82) is 0 Å². The second-order valence-corrected chi connectivity index (χ2v) is 10.9. The normalized spacial score (nSPS) is 12.8. The topological polar surface area (TPSA) is 44.8 Å². The summed E-state index contributed by atoms with van der Waals surface area (Å²) >= 11 is 1.85. The van der Waals surface area contributed by atoms with Crippen molar-refractivity contribution in [3.63, 3.8) is 0 Å². The maximum absolute atomic E-state index is 11.4. The molecule has 4 rings (SSSR count). The minimum absolute atomic E-state index is 0.0495. The molecule has 35 heavy (non-hydrogen) atoms. The molecular weight excluding hydrogens is 456 g/mol. The summed E-state index contributed by atoms with van der Waals surface area (Å²) in [6.45, 7) is 7.19. The van der Waals surface area contributed by atoms with Crippen LogP contribution in [0, 0.1) is 0 Å². The van der Waals surface area contributed by atoms with Crippen LogP contribution in [-0.4, -0.2) is 19.7 Å². The second kappa shape index (κ2) is 11.2. The van der Waals surface area contributed by atoms with Crippen molar-refractivity contribution in [3.05, 3.63) is 88.5 Å². The molecule has 0 saturated heterocycles. The number of hydrogen-bond acceptors (Lipinski definition) is 5. The fourth-order valence-corrected chi connectivity index (χ4v) is 5.30. The first-order valence-electron chi connectivity index (χ1n) is 12.1. The number of fused-ring (bicyclic) bond motifs is 1. The van der Waals surface area contributed by atoms with Gasteiger partial charge >= 0.3 is 5.97 Å². The predicted octanol–water partition coefficient (Wildman–Crippen LogP) is 6.90. The molecular formula is C30H34O4S. The lowest BCUT2D eigenvalue weighted by molar-refractivity contribution is -0.142. The summed E-state index contributed by atoms with van der Waals surface area (Å²) in [7, 11) is 1.38. The SMILES string of the molecule is COC(=O)COc1ccc(SCc2ccc(OCc3ccc(C(C)(C)C)cc3)cc2)c2c1CCC2. The molecule has 5 heteroatoms. The van der Waals surface area contributed by atoms with E-state index < -0.39 is 0 Å². The summed E-state index contributed by atoms with van der Waals surface area (Å²) in [4.78, 5) is 12.7. The Morgan fingerprint density at radius 2 is 1.54 bits per heavy atom. The Hall–Kier alpha value is -2.92. The molecule has 3 aromatic carbocycles. The molecule has 0 heterocycles. The second-order valence-electron chi connectivity index (χ2n) is 9.91. The molecule has 0 atom stereocenters. The highest BCUT2D eigenvalue weighted by atomic mass is 32.2. The Morgan fingerprint density at radius 1 is 0.857 bits per heavy atom. The van der Waals surface area contributed by atoms with Gasteiger partial charge in [0, 0.05) is 10.6 Å². The Bertz CT molecular complexity index is 1140. The van der Waals surface area contributed by atoms with E-state index in [9.17, 15) is 4.79 Å². The van der Waals surface area contributed by atoms with Crippen LogP contribution in [-0.2, 0) is 40.1 Å². The van der Waals surface area contributed by atoms with Crippen molar-refractivity contribution in [3.8, 4) is 11.5 Å². The summed E-state index contributed by atoms with van der Waals surface area (Å²) in [6, 6.07) is 21.1. The molecule has 4 nitrogen and oxygen atoms in total. The molecule has 0 saturated carbocycles. The number of methoxy groups -OCH3 is 1. The number of hydrogen-bond donors (Lipinski definition) is 0. The highest BCUT2D eigenvalue weighted by Crippen LogP contribution is 2.38. The first-order chi connectivity index (χ1) is 16.8. The molecule has 0 fully saturated rings. The number of esters is 1. The summed E-state index contributed by atoms with van der Waals surface area (Å²) in [5, 5.41) is 0. The molecule has 1 aliphatic carbocycles. The molecule has 0 spiro atoms. The summed E-state index contributed by atoms with van der Waals surface area (Å²) in [6.07, 6.45) is 3.16. The van der Waals surface area contributed by atoms with Crippen LogP contribution in [0.4, 0.5) is 0 Å². The zero-order valence-electron chi connectivity index (χ0n) is 21.1. The Morgan fingerprint density at radius 3 is 2.23 bits per heavy atom. The maximum Gasteiger partial charge on any atom is 0.343 e. The van der Waals surface area contributed by atoms with Crippen LogP contribution in [0.5, 0.6) is 11.5 Å². The highest BCUT2D eigenvalue weighted by molar-refractivity contribution is 7.98. The van der Waals surface area contributed by atoms with E-state index in [0.29, 0.717) is 6.61 Å². The smallest absolute Gasteiger partial charge is 0.343 e. The van der Waals surface area contributed by atoms with Crippen molar-refractivity contribution in [2.45, 2.75) is 62.7 Å². The zero-order valence-corrected chi connectivity index (χ0v) is 21.9. The zero-order chi connectivity index (χ0) is 24.8. The van der Waals surface area contributed by atoms with E-state index in [1.807, 2.05) is 30.0 Å². The number of thioether (sulfide) groups is 1. The van der Waals surface area contributed by atoms with E-state index in [2.05, 4.69) is 68.0 Å². The van der Waals surface area contributed by atoms with E-state index in [-0.39, 0.29) is 18.0 Å². The number of ether oxygens (including phenoxy) is 3. The number of rotatable bonds is 9. The quantitative estimate of drug-likeness (QED) is 0.241. The molecule has 0 radical (unpaired) electrons. The van der Waals surface area contributed by atoms with Gasteiger partial charge in [0.05, 0.1) is 7.11 Å². The fraction of sp³-hybridized carbons (Fsp3) is 0.367. The number of carbonyl (C=O) groups is 1. The van der Waals surface area contributed by atoms with Crippen molar-refractivity contribution < 1.29 is 19.0 Å². The lowest BCUT2D eigenvalue weighted by atomic mass is 9.87. The maximum atomic E-state index is 11.4. The molecule has 0 aromatic heterocycles. The van der Waals surface area contributed by atoms with Crippen LogP contribution in [0.3, 0.4) is 0 Å². The first kappa shape index (κ1) is 25.2. The van der Waals surface area contributed by atoms with Gasteiger partial charge in [-0.05, 0) is 76.8 Å². The van der Waals surface area contributed by atoms with Gasteiger partial charge in [-0.3, -0.25) is 0 Å². The minimum Gasteiger partial charge on any atom is -0.489 e. The monoisotopic (exact) mass is 490 g/mol. The molecule has 0 bridgehead atoms. The Balaban J connectivity index is 1.31. The average Bonchev–Trinajstić information content (AvgIpc) is 3.36. The van der Waals surface area contributed by atoms with Gasteiger partial charge in [0.25, 0.3) is 0 Å². The fourth-order valence-electron chi connectivity index (χ4n) is 4.22. The standard InChI is InChI=1S/C30H34O4S/c1-30(2,3)23-12-8-21(9-13-23)18-33-24-14-10-22(11-15-24)20-35-28-17-16-27(34-19-29(31)32-4)25-6-5-7-26(25)28/h8-17H,5-7,18-20H2,1-4H3. The minimum atomic E-state index is -0.360. The molecule has 0 amide bonds. The largest absolute Gasteiger partial charge is 0.489 e. The van der Waals surface area contributed by atoms with Crippen LogP contribution >= 0.6 is 11.8 Å². The Labute approximate surface area is 213 Å². The average molecular weight is 491 g/mol. The van der Waals surface area contributed by atoms with Gasteiger partial charge in [0.15, 0.2) is 6.61 Å². The van der Waals surface area contributed by atoms with Crippen molar-refractivity contribution >= 4 is 17.7 Å². The molecule has 1 aliphatic rings. The molecule has 184 valence electrons. The number of benzene rings is 3. The first-order valence-corrected chi connectivity index (χ1v) is 13.1. The van der Waals surface area contributed by atoms with Crippen LogP contribution in [0.1, 0.15) is 55.0 Å². The molecule has 0 aliphatic heterocycles. The van der Waals surface area contributed by atoms with Gasteiger partial charge in [-0.25, -0.2) is 4.79 Å². The van der Waals surface area contributed by atoms with Gasteiger partial charge in [0.1, 0.15) is 18.1 Å². The van der Waals surface area contributed by atoms with E-state index >= 15 is 0 Å². The van der Waals surface area contributed by atoms with Crippen LogP contribution in [0.15, 0.2) is 65.6 Å². The van der Waals surface area contributed by atoms with Gasteiger partial charge < -0.3 is 14.2 Å². The van der Waals surface area contributed by atoms with Crippen LogP contribution in [0.25, 0.3) is 0 Å². The molecule has 0 N–H and O–H groups in total. The third-order valence-electron chi connectivity index (χ3n) is 6.32. The lowest BCUT2D eigenvalue weighted by Crippen LogP contribution is -2.13. The van der Waals surface area contributed by atoms with Crippen LogP contribution < -0.4 is 9.47 Å². The lowest BCUT2D eigenvalue weighted by Gasteiger charge is -2.19. The molecule has 3 aromatic rings. The summed E-state index contributed by atoms with van der Waals surface area (Å²) in [5.74, 6) is 2.22. The predicted molar refractivity (Wildman–Crippen MR) is 141 cm³/mol. The van der Waals surface area contributed by atoms with Crippen molar-refractivity contribution in [1.82, 2.24) is 0 Å². The highest BCUT2D eigenvalue weighted by Gasteiger charge is 2.20. The van der Waals surface area contributed by atoms with E-state index in [1.165, 1.54) is 39.8 Å². The van der Waals surface area contributed by atoms with Gasteiger partial charge in [-0.15, -0.1) is 11.8 Å². The van der Waals surface area contributed by atoms with Gasteiger partial charge in [0.2, 0.25) is 0 Å². The summed E-state index contributed by atoms with van der Waals surface area (Å²) in [5.41, 5.74) is 6.51. The van der Waals surface area contributed by atoms with Gasteiger partial charge in [-0.1, -0.05) is 57.2 Å². The van der Waals surface area contributed by atoms with Crippen LogP contribution in [0.2, 0.25) is 0 Å². The number of carbonyl (C=O) groups excluding carboxylic acids is 1.